The van der Waals surface area contributed by atoms with Gasteiger partial charge in [0.1, 0.15) is 1.41 Å². The van der Waals surface area contributed by atoms with Crippen molar-refractivity contribution in [1.82, 2.24) is 5.31 Å². The Kier molecular flexibility index (Phi) is 10.4. The van der Waals surface area contributed by atoms with E-state index in [2.05, 4.69) is 43.4 Å². The summed E-state index contributed by atoms with van der Waals surface area (Å²) in [4.78, 5) is 0. The molecule has 31 heavy (non-hydrogen) atoms. The SMILES string of the molecule is [2H]c1c([2H])c(C([2H])([2H])C([2H])([2H])N([2H])CCCC/C=C\C/C=C\C/C=C\C/C=C\CCCCC)c([2H])c(O)c1O. The van der Waals surface area contributed by atoms with Crippen molar-refractivity contribution in [3.05, 3.63) is 72.3 Å². The maximum atomic E-state index is 9.83. The Morgan fingerprint density at radius 1 is 0.839 bits per heavy atom. The number of nitrogens with one attached hydrogen (secondary N) is 1. The predicted octanol–water partition coefficient (Wildman–Crippen LogP) is 7.38. The maximum absolute atomic E-state index is 9.83. The van der Waals surface area contributed by atoms with Crippen LogP contribution in [0.2, 0.25) is 1.41 Å². The van der Waals surface area contributed by atoms with Crippen LogP contribution in [0, 0.1) is 0 Å². The highest BCUT2D eigenvalue weighted by Gasteiger charge is 2.00. The Balaban J connectivity index is 2.42. The van der Waals surface area contributed by atoms with Crippen LogP contribution in [0.25, 0.3) is 0 Å². The van der Waals surface area contributed by atoms with Gasteiger partial charge in [-0.3, -0.25) is 0 Å². The number of hydrogen-bond acceptors (Lipinski definition) is 3. The zero-order valence-corrected chi connectivity index (χ0v) is 18.7. The van der Waals surface area contributed by atoms with E-state index in [4.69, 9.17) is 11.0 Å². The number of benzene rings is 1. The Hall–Kier alpha value is -2.26. The second kappa shape index (κ2) is 19.7. The summed E-state index contributed by atoms with van der Waals surface area (Å²) in [5.41, 5.74) is -0.883. The lowest BCUT2D eigenvalue weighted by Gasteiger charge is -2.05. The zero-order valence-electron chi connectivity index (χ0n) is 26.7. The van der Waals surface area contributed by atoms with Crippen LogP contribution >= 0.6 is 0 Å². The highest BCUT2D eigenvalue weighted by Crippen LogP contribution is 2.24. The largest absolute Gasteiger partial charge is 0.504 e. The fourth-order valence-corrected chi connectivity index (χ4v) is 2.62. The maximum Gasteiger partial charge on any atom is 0.157 e. The van der Waals surface area contributed by atoms with Gasteiger partial charge >= 0.3 is 0 Å². The van der Waals surface area contributed by atoms with Crippen LogP contribution in [0.3, 0.4) is 0 Å². The van der Waals surface area contributed by atoms with Crippen molar-refractivity contribution in [2.75, 3.05) is 13.0 Å². The molecule has 0 bridgehead atoms. The highest BCUT2D eigenvalue weighted by atomic mass is 16.3. The number of unbranched alkanes of at least 4 members (excludes halogenated alkanes) is 5. The predicted molar refractivity (Wildman–Crippen MR) is 135 cm³/mol. The van der Waals surface area contributed by atoms with Gasteiger partial charge in [-0.15, -0.1) is 0 Å². The molecule has 0 fully saturated rings. The van der Waals surface area contributed by atoms with Gasteiger partial charge in [0, 0.05) is 5.48 Å². The molecule has 0 unspecified atom stereocenters. The van der Waals surface area contributed by atoms with Gasteiger partial charge < -0.3 is 15.5 Å². The second-order valence-corrected chi connectivity index (χ2v) is 7.15. The fourth-order valence-electron chi connectivity index (χ4n) is 2.62. The first-order chi connectivity index (χ1) is 18.4. The quantitative estimate of drug-likeness (QED) is 0.129. The molecule has 1 rings (SSSR count). The minimum atomic E-state index is -3.07. The molecule has 0 spiro atoms. The third-order valence-corrected chi connectivity index (χ3v) is 4.38. The van der Waals surface area contributed by atoms with Crippen molar-refractivity contribution in [2.24, 2.45) is 0 Å². The minimum absolute atomic E-state index is 0.0982. The number of phenols is 2. The van der Waals surface area contributed by atoms with Crippen molar-refractivity contribution in [2.45, 2.75) is 77.5 Å². The van der Waals surface area contributed by atoms with E-state index in [0.717, 1.165) is 32.1 Å². The molecule has 0 heterocycles. The van der Waals surface area contributed by atoms with Gasteiger partial charge in [-0.25, -0.2) is 0 Å². The van der Waals surface area contributed by atoms with Gasteiger partial charge in [-0.1, -0.05) is 74.4 Å². The normalized spacial score (nSPS) is 17.1. The average Bonchev–Trinajstić information content (AvgIpc) is 2.89. The molecule has 0 aliphatic heterocycles. The second-order valence-electron chi connectivity index (χ2n) is 7.15. The molecule has 3 heteroatoms. The molecule has 0 aliphatic rings. The van der Waals surface area contributed by atoms with Crippen molar-refractivity contribution in [3.8, 4) is 11.5 Å². The molecule has 172 valence electrons. The van der Waals surface area contributed by atoms with Crippen LogP contribution in [0.4, 0.5) is 0 Å². The van der Waals surface area contributed by atoms with E-state index in [1.54, 1.807) is 0 Å². The van der Waals surface area contributed by atoms with E-state index in [1.807, 2.05) is 12.2 Å². The Labute approximate surface area is 201 Å². The standard InChI is InChI=1S/C28H43NO2/c1-2-3-4-5-6-7-8-9-10-11-12-13-14-15-16-17-18-19-23-29-24-22-26-20-21-27(30)28(31)25-26/h6-7,9-10,12-13,15-16,20-21,25,29-31H,2-5,8,11,14,17-19,22-24H2,1H3/b7-6-,10-9-,13-12-,16-15-/i20D,21D,22D2,24D2,25D/hD. The van der Waals surface area contributed by atoms with Gasteiger partial charge in [0.25, 0.3) is 0 Å². The molecule has 0 aliphatic carbocycles. The lowest BCUT2D eigenvalue weighted by Crippen LogP contribution is -2.18. The van der Waals surface area contributed by atoms with Gasteiger partial charge in [0.2, 0.25) is 0 Å². The van der Waals surface area contributed by atoms with E-state index in [1.165, 1.54) is 19.3 Å². The van der Waals surface area contributed by atoms with Crippen LogP contribution in [0.5, 0.6) is 11.5 Å². The molecule has 1 aromatic carbocycles. The molecule has 1 aromatic rings. The molecular formula is C28H43NO2. The van der Waals surface area contributed by atoms with E-state index < -0.39 is 48.1 Å². The van der Waals surface area contributed by atoms with Gasteiger partial charge in [0.15, 0.2) is 11.5 Å². The molecule has 0 saturated heterocycles. The van der Waals surface area contributed by atoms with Gasteiger partial charge in [-0.05, 0) is 88.4 Å². The van der Waals surface area contributed by atoms with E-state index in [-0.39, 0.29) is 6.54 Å². The topological polar surface area (TPSA) is 52.5 Å². The van der Waals surface area contributed by atoms with Crippen LogP contribution in [0.15, 0.2) is 66.7 Å². The third kappa shape index (κ3) is 16.1. The first kappa shape index (κ1) is 16.4. The zero-order chi connectivity index (χ0) is 29.5. The average molecular weight is 434 g/mol. The summed E-state index contributed by atoms with van der Waals surface area (Å²) in [6, 6.07) is -2.79. The summed E-state index contributed by atoms with van der Waals surface area (Å²) >= 11 is 0. The lowest BCUT2D eigenvalue weighted by atomic mass is 10.1. The summed E-state index contributed by atoms with van der Waals surface area (Å²) in [5.74, 6) is -2.13. The molecule has 3 N–H and O–H groups in total. The van der Waals surface area contributed by atoms with E-state index in [9.17, 15) is 10.2 Å². The van der Waals surface area contributed by atoms with Crippen molar-refractivity contribution < 1.29 is 21.2 Å². The first-order valence-corrected chi connectivity index (χ1v) is 11.3. The molecule has 0 atom stereocenters. The summed E-state index contributed by atoms with van der Waals surface area (Å²) < 4.78 is 64.4. The first-order valence-electron chi connectivity index (χ1n) is 15.2. The van der Waals surface area contributed by atoms with Crippen LogP contribution in [-0.4, -0.2) is 23.3 Å². The molecule has 3 nitrogen and oxygen atoms in total. The summed E-state index contributed by atoms with van der Waals surface area (Å²) in [7, 11) is 0. The number of phenolic OH excluding ortho intramolecular Hbond substituents is 2. The van der Waals surface area contributed by atoms with Gasteiger partial charge in [-0.2, -0.15) is 0 Å². The molecular weight excluding hydrogens is 382 g/mol. The molecule has 0 amide bonds. The number of aromatic hydroxyl groups is 2. The Morgan fingerprint density at radius 2 is 1.42 bits per heavy atom. The Morgan fingerprint density at radius 3 is 2.03 bits per heavy atom. The minimum Gasteiger partial charge on any atom is -0.504 e. The van der Waals surface area contributed by atoms with Crippen LogP contribution in [-0.2, 0) is 6.37 Å². The summed E-state index contributed by atoms with van der Waals surface area (Å²) in [6.07, 6.45) is 23.4. The molecule has 0 saturated carbocycles. The molecule has 0 radical (unpaired) electrons. The van der Waals surface area contributed by atoms with Crippen molar-refractivity contribution in [3.63, 3.8) is 0 Å². The van der Waals surface area contributed by atoms with E-state index in [0.29, 0.717) is 18.2 Å². The monoisotopic (exact) mass is 433 g/mol. The molecule has 0 aromatic heterocycles. The number of hydrogen-bond donors (Lipinski definition) is 3. The number of rotatable bonds is 18. The van der Waals surface area contributed by atoms with Crippen molar-refractivity contribution in [1.29, 1.82) is 0 Å². The van der Waals surface area contributed by atoms with Crippen LogP contribution in [0.1, 0.15) is 86.3 Å². The summed E-state index contributed by atoms with van der Waals surface area (Å²) in [5, 5.41) is 19.9. The van der Waals surface area contributed by atoms with E-state index >= 15 is 0 Å². The number of allylic oxidation sites excluding steroid dienone is 8. The highest BCUT2D eigenvalue weighted by molar-refractivity contribution is 5.40. The lowest BCUT2D eigenvalue weighted by molar-refractivity contribution is 0.403. The smallest absolute Gasteiger partial charge is 0.157 e. The van der Waals surface area contributed by atoms with Crippen LogP contribution < -0.4 is 5.31 Å². The third-order valence-electron chi connectivity index (χ3n) is 4.38. The Bertz CT molecular complexity index is 977. The van der Waals surface area contributed by atoms with Crippen molar-refractivity contribution >= 4 is 0 Å². The fraction of sp³-hybridized carbons (Fsp3) is 0.500. The summed E-state index contributed by atoms with van der Waals surface area (Å²) in [6.45, 7) is -0.855. The van der Waals surface area contributed by atoms with Gasteiger partial charge in [0.05, 0.1) is 4.11 Å².